The van der Waals surface area contributed by atoms with Gasteiger partial charge >= 0.3 is 6.18 Å². The first kappa shape index (κ1) is 17.7. The molecule has 2 rings (SSSR count). The normalized spacial score (nSPS) is 18.0. The summed E-state index contributed by atoms with van der Waals surface area (Å²) in [5.74, 6) is -2.54. The Balaban J connectivity index is 0.00000220. The summed E-state index contributed by atoms with van der Waals surface area (Å²) in [5.41, 5.74) is -0.463. The minimum Gasteiger partial charge on any atom is -0.504 e. The molecule has 0 aromatic heterocycles. The van der Waals surface area contributed by atoms with Crippen LogP contribution in [0, 0.1) is 0 Å². The first-order chi connectivity index (χ1) is 9.32. The van der Waals surface area contributed by atoms with E-state index in [-0.39, 0.29) is 25.5 Å². The number of benzene rings is 1. The third kappa shape index (κ3) is 3.63. The molecule has 0 spiro atoms. The molecule has 1 aliphatic heterocycles. The van der Waals surface area contributed by atoms with Crippen molar-refractivity contribution < 1.29 is 28.5 Å². The van der Waals surface area contributed by atoms with Gasteiger partial charge in [-0.05, 0) is 12.1 Å². The standard InChI is InChI=1S/C12H15F3N2O3.ClH/c13-12(14,15)11(17-5-3-16-4-6-17)7-1-2-8(18)10(20)9(7)19;/h1-2,11,16,18-20H,3-6H2;1H/t11-;/m0./s1. The molecule has 0 amide bonds. The van der Waals surface area contributed by atoms with Crippen molar-refractivity contribution in [1.82, 2.24) is 10.2 Å². The molecule has 0 saturated carbocycles. The van der Waals surface area contributed by atoms with Gasteiger partial charge in [0.2, 0.25) is 5.75 Å². The van der Waals surface area contributed by atoms with Gasteiger partial charge in [-0.25, -0.2) is 0 Å². The zero-order chi connectivity index (χ0) is 14.9. The number of aromatic hydroxyl groups is 3. The minimum atomic E-state index is -4.60. The fourth-order valence-electron chi connectivity index (χ4n) is 2.33. The number of alkyl halides is 3. The molecule has 0 bridgehead atoms. The number of hydrogen-bond donors (Lipinski definition) is 4. The number of phenolic OH excluding ortho intramolecular Hbond substituents is 3. The van der Waals surface area contributed by atoms with Gasteiger partial charge in [0.25, 0.3) is 0 Å². The smallest absolute Gasteiger partial charge is 0.408 e. The lowest BCUT2D eigenvalue weighted by Gasteiger charge is -2.36. The molecule has 0 unspecified atom stereocenters. The van der Waals surface area contributed by atoms with Crippen LogP contribution in [-0.4, -0.2) is 52.6 Å². The van der Waals surface area contributed by atoms with Crippen molar-refractivity contribution in [2.24, 2.45) is 0 Å². The predicted molar refractivity (Wildman–Crippen MR) is 71.9 cm³/mol. The molecule has 0 radical (unpaired) electrons. The topological polar surface area (TPSA) is 76.0 Å². The highest BCUT2D eigenvalue weighted by atomic mass is 35.5. The maximum absolute atomic E-state index is 13.3. The van der Waals surface area contributed by atoms with E-state index in [9.17, 15) is 28.5 Å². The summed E-state index contributed by atoms with van der Waals surface area (Å²) in [4.78, 5) is 1.18. The number of halogens is 4. The minimum absolute atomic E-state index is 0. The number of rotatable bonds is 2. The number of nitrogens with one attached hydrogen (secondary N) is 1. The van der Waals surface area contributed by atoms with E-state index in [4.69, 9.17) is 0 Å². The van der Waals surface area contributed by atoms with Crippen LogP contribution in [0.25, 0.3) is 0 Å². The number of nitrogens with zero attached hydrogens (tertiary/aromatic N) is 1. The molecule has 1 saturated heterocycles. The van der Waals surface area contributed by atoms with Crippen molar-refractivity contribution in [3.8, 4) is 17.2 Å². The molecule has 1 atom stereocenters. The molecule has 1 aromatic carbocycles. The van der Waals surface area contributed by atoms with Crippen molar-refractivity contribution in [2.75, 3.05) is 26.2 Å². The molecule has 4 N–H and O–H groups in total. The lowest BCUT2D eigenvalue weighted by Crippen LogP contribution is -2.49. The average Bonchev–Trinajstić information content (AvgIpc) is 2.39. The monoisotopic (exact) mass is 328 g/mol. The zero-order valence-electron chi connectivity index (χ0n) is 10.9. The van der Waals surface area contributed by atoms with Gasteiger partial charge in [0.1, 0.15) is 6.04 Å². The Morgan fingerprint density at radius 2 is 1.62 bits per heavy atom. The van der Waals surface area contributed by atoms with E-state index in [2.05, 4.69) is 5.32 Å². The summed E-state index contributed by atoms with van der Waals surface area (Å²) in [6.45, 7) is 1.17. The van der Waals surface area contributed by atoms with Gasteiger partial charge in [-0.2, -0.15) is 13.2 Å². The maximum atomic E-state index is 13.3. The molecule has 1 fully saturated rings. The van der Waals surface area contributed by atoms with E-state index in [1.165, 1.54) is 4.90 Å². The van der Waals surface area contributed by atoms with E-state index in [0.29, 0.717) is 13.1 Å². The Hall–Kier alpha value is -1.38. The van der Waals surface area contributed by atoms with Crippen LogP contribution in [0.2, 0.25) is 0 Å². The highest BCUT2D eigenvalue weighted by molar-refractivity contribution is 5.85. The molecule has 1 aromatic rings. The number of phenols is 3. The quantitative estimate of drug-likeness (QED) is 0.622. The first-order valence-corrected chi connectivity index (χ1v) is 6.07. The largest absolute Gasteiger partial charge is 0.504 e. The summed E-state index contributed by atoms with van der Waals surface area (Å²) < 4.78 is 39.9. The molecule has 1 aliphatic rings. The molecule has 21 heavy (non-hydrogen) atoms. The van der Waals surface area contributed by atoms with Crippen molar-refractivity contribution in [1.29, 1.82) is 0 Å². The Morgan fingerprint density at radius 3 is 2.14 bits per heavy atom. The fraction of sp³-hybridized carbons (Fsp3) is 0.500. The summed E-state index contributed by atoms with van der Waals surface area (Å²) in [7, 11) is 0. The number of hydrogen-bond acceptors (Lipinski definition) is 5. The lowest BCUT2D eigenvalue weighted by atomic mass is 10.0. The van der Waals surface area contributed by atoms with Crippen LogP contribution < -0.4 is 5.32 Å². The molecular formula is C12H16ClF3N2O3. The Labute approximate surface area is 125 Å². The van der Waals surface area contributed by atoms with Crippen LogP contribution in [-0.2, 0) is 0 Å². The average molecular weight is 329 g/mol. The molecule has 9 heteroatoms. The second kappa shape index (κ2) is 6.59. The van der Waals surface area contributed by atoms with Crippen LogP contribution in [0.4, 0.5) is 13.2 Å². The van der Waals surface area contributed by atoms with Crippen molar-refractivity contribution in [3.05, 3.63) is 17.7 Å². The van der Waals surface area contributed by atoms with E-state index in [1.807, 2.05) is 0 Å². The fourth-order valence-corrected chi connectivity index (χ4v) is 2.33. The Morgan fingerprint density at radius 1 is 1.05 bits per heavy atom. The van der Waals surface area contributed by atoms with Crippen LogP contribution in [0.15, 0.2) is 12.1 Å². The van der Waals surface area contributed by atoms with Gasteiger partial charge in [-0.1, -0.05) is 0 Å². The van der Waals surface area contributed by atoms with E-state index in [0.717, 1.165) is 12.1 Å². The van der Waals surface area contributed by atoms with Gasteiger partial charge in [-0.3, -0.25) is 4.90 Å². The third-order valence-corrected chi connectivity index (χ3v) is 3.28. The summed E-state index contributed by atoms with van der Waals surface area (Å²) in [5, 5.41) is 31.2. The Kier molecular flexibility index (Phi) is 5.54. The van der Waals surface area contributed by atoms with Crippen LogP contribution >= 0.6 is 12.4 Å². The molecule has 5 nitrogen and oxygen atoms in total. The SMILES string of the molecule is Cl.Oc1ccc([C@H](N2CCNCC2)C(F)(F)F)c(O)c1O. The van der Waals surface area contributed by atoms with Gasteiger partial charge in [0, 0.05) is 31.7 Å². The number of piperazine rings is 1. The molecular weight excluding hydrogens is 313 g/mol. The zero-order valence-corrected chi connectivity index (χ0v) is 11.7. The second-order valence-corrected chi connectivity index (χ2v) is 4.60. The first-order valence-electron chi connectivity index (χ1n) is 6.07. The maximum Gasteiger partial charge on any atom is 0.408 e. The predicted octanol–water partition coefficient (Wildman–Crippen LogP) is 1.73. The highest BCUT2D eigenvalue weighted by Crippen LogP contribution is 2.46. The highest BCUT2D eigenvalue weighted by Gasteiger charge is 2.46. The Bertz CT molecular complexity index is 493. The molecule has 0 aliphatic carbocycles. The summed E-state index contributed by atoms with van der Waals surface area (Å²) in [6, 6.07) is -0.105. The van der Waals surface area contributed by atoms with Gasteiger partial charge < -0.3 is 20.6 Å². The third-order valence-electron chi connectivity index (χ3n) is 3.28. The van der Waals surface area contributed by atoms with E-state index >= 15 is 0 Å². The van der Waals surface area contributed by atoms with Crippen molar-refractivity contribution in [2.45, 2.75) is 12.2 Å². The van der Waals surface area contributed by atoms with Gasteiger partial charge in [0.05, 0.1) is 0 Å². The van der Waals surface area contributed by atoms with E-state index < -0.39 is 35.0 Å². The van der Waals surface area contributed by atoms with Crippen LogP contribution in [0.3, 0.4) is 0 Å². The van der Waals surface area contributed by atoms with Crippen molar-refractivity contribution in [3.63, 3.8) is 0 Å². The van der Waals surface area contributed by atoms with Gasteiger partial charge in [0.15, 0.2) is 11.5 Å². The molecule has 1 heterocycles. The van der Waals surface area contributed by atoms with Crippen LogP contribution in [0.1, 0.15) is 11.6 Å². The van der Waals surface area contributed by atoms with Crippen LogP contribution in [0.5, 0.6) is 17.2 Å². The lowest BCUT2D eigenvalue weighted by molar-refractivity contribution is -0.188. The summed E-state index contributed by atoms with van der Waals surface area (Å²) >= 11 is 0. The van der Waals surface area contributed by atoms with Gasteiger partial charge in [-0.15, -0.1) is 12.4 Å². The van der Waals surface area contributed by atoms with E-state index in [1.54, 1.807) is 0 Å². The molecule has 120 valence electrons. The second-order valence-electron chi connectivity index (χ2n) is 4.60. The summed E-state index contributed by atoms with van der Waals surface area (Å²) in [6.07, 6.45) is -4.60. The van der Waals surface area contributed by atoms with Crippen molar-refractivity contribution >= 4 is 12.4 Å².